The molecule has 3 N–H and O–H groups in total. The second kappa shape index (κ2) is 10.2. The number of hydrogen-bond donors (Lipinski definition) is 3. The van der Waals surface area contributed by atoms with Crippen LogP contribution in [0.3, 0.4) is 0 Å². The zero-order chi connectivity index (χ0) is 21.3. The molecule has 10 heteroatoms. The highest BCUT2D eigenvalue weighted by atomic mass is 32.1. The number of methoxy groups -OCH3 is 2. The van der Waals surface area contributed by atoms with E-state index in [9.17, 15) is 9.59 Å². The van der Waals surface area contributed by atoms with Gasteiger partial charge in [-0.25, -0.2) is 4.79 Å². The van der Waals surface area contributed by atoms with Gasteiger partial charge in [0.2, 0.25) is 5.01 Å². The minimum atomic E-state index is -0.369. The first-order chi connectivity index (χ1) is 14.6. The molecule has 1 aromatic heterocycles. The molecule has 0 saturated carbocycles. The number of hydrogen-bond acceptors (Lipinski definition) is 7. The van der Waals surface area contributed by atoms with E-state index in [1.165, 1.54) is 0 Å². The first-order valence-electron chi connectivity index (χ1n) is 9.00. The number of carbonyl (C=O) groups is 2. The molecule has 1 heterocycles. The summed E-state index contributed by atoms with van der Waals surface area (Å²) in [5.41, 5.74) is 1.53. The van der Waals surface area contributed by atoms with Gasteiger partial charge in [0.15, 0.2) is 0 Å². The minimum absolute atomic E-state index is 0.164. The lowest BCUT2D eigenvalue weighted by molar-refractivity contribution is 0.102. The smallest absolute Gasteiger partial charge is 0.315 e. The summed E-state index contributed by atoms with van der Waals surface area (Å²) in [6, 6.07) is 14.0. The molecule has 0 fully saturated rings. The molecule has 0 aliphatic carbocycles. The van der Waals surface area contributed by atoms with Crippen molar-refractivity contribution >= 4 is 29.0 Å². The first kappa shape index (κ1) is 21.1. The summed E-state index contributed by atoms with van der Waals surface area (Å²) in [5.74, 6) is 1.05. The number of aromatic nitrogens is 2. The molecule has 0 unspecified atom stereocenters. The van der Waals surface area contributed by atoms with Crippen LogP contribution in [0.25, 0.3) is 0 Å². The number of nitrogens with zero attached hydrogens (tertiary/aromatic N) is 2. The van der Waals surface area contributed by atoms with Gasteiger partial charge in [0.05, 0.1) is 20.8 Å². The summed E-state index contributed by atoms with van der Waals surface area (Å²) in [4.78, 5) is 24.3. The molecule has 0 radical (unpaired) electrons. The van der Waals surface area contributed by atoms with Crippen LogP contribution in [0.15, 0.2) is 48.5 Å². The number of benzene rings is 2. The topological polar surface area (TPSA) is 114 Å². The Hall–Kier alpha value is -3.66. The third-order valence-corrected chi connectivity index (χ3v) is 4.92. The molecule has 0 spiro atoms. The Labute approximate surface area is 177 Å². The lowest BCUT2D eigenvalue weighted by Crippen LogP contribution is -2.34. The van der Waals surface area contributed by atoms with Crippen LogP contribution in [-0.2, 0) is 13.1 Å². The van der Waals surface area contributed by atoms with Gasteiger partial charge in [-0.15, -0.1) is 10.2 Å². The number of carbonyl (C=O) groups excluding carboxylic acids is 2. The van der Waals surface area contributed by atoms with Crippen molar-refractivity contribution < 1.29 is 19.1 Å². The standard InChI is InChI=1S/C20H21N5O4S/c1-28-15-8-6-14(7-9-15)23-18(26)19-25-24-17(30-19)12-22-20(27)21-11-13-4-3-5-16(10-13)29-2/h3-10H,11-12H2,1-2H3,(H,23,26)(H2,21,22,27). The molecule has 0 aliphatic heterocycles. The van der Waals surface area contributed by atoms with E-state index < -0.39 is 0 Å². The van der Waals surface area contributed by atoms with Crippen molar-refractivity contribution in [3.8, 4) is 11.5 Å². The van der Waals surface area contributed by atoms with Crippen LogP contribution < -0.4 is 25.4 Å². The Balaban J connectivity index is 1.46. The highest BCUT2D eigenvalue weighted by molar-refractivity contribution is 7.13. The molecule has 3 aromatic rings. The van der Waals surface area contributed by atoms with Gasteiger partial charge in [0.1, 0.15) is 16.5 Å². The van der Waals surface area contributed by atoms with E-state index in [1.54, 1.807) is 38.5 Å². The van der Waals surface area contributed by atoms with Crippen molar-refractivity contribution in [2.75, 3.05) is 19.5 Å². The second-order valence-electron chi connectivity index (χ2n) is 6.07. The third kappa shape index (κ3) is 5.92. The average Bonchev–Trinajstić information content (AvgIpc) is 3.26. The summed E-state index contributed by atoms with van der Waals surface area (Å²) in [5, 5.41) is 16.7. The Morgan fingerprint density at radius 2 is 1.67 bits per heavy atom. The van der Waals surface area contributed by atoms with E-state index in [0.29, 0.717) is 23.0 Å². The molecule has 9 nitrogen and oxygen atoms in total. The van der Waals surface area contributed by atoms with Gasteiger partial charge in [-0.05, 0) is 42.0 Å². The first-order valence-corrected chi connectivity index (χ1v) is 9.81. The Bertz CT molecular complexity index is 1010. The normalized spacial score (nSPS) is 10.2. The van der Waals surface area contributed by atoms with Crippen LogP contribution in [0.4, 0.5) is 10.5 Å². The molecule has 0 atom stereocenters. The van der Waals surface area contributed by atoms with Crippen LogP contribution in [0, 0.1) is 0 Å². The number of amides is 3. The number of rotatable bonds is 8. The maximum atomic E-state index is 12.3. The molecule has 0 aliphatic rings. The van der Waals surface area contributed by atoms with Gasteiger partial charge >= 0.3 is 6.03 Å². The molecule has 0 bridgehead atoms. The number of nitrogens with one attached hydrogen (secondary N) is 3. The van der Waals surface area contributed by atoms with Gasteiger partial charge in [0, 0.05) is 12.2 Å². The predicted molar refractivity (Wildman–Crippen MR) is 113 cm³/mol. The zero-order valence-corrected chi connectivity index (χ0v) is 17.3. The van der Waals surface area contributed by atoms with Gasteiger partial charge in [-0.3, -0.25) is 4.79 Å². The molecule has 30 heavy (non-hydrogen) atoms. The van der Waals surface area contributed by atoms with Crippen molar-refractivity contribution in [2.45, 2.75) is 13.1 Å². The molecular formula is C20H21N5O4S. The summed E-state index contributed by atoms with van der Waals surface area (Å²) in [7, 11) is 3.16. The van der Waals surface area contributed by atoms with Crippen molar-refractivity contribution in [1.29, 1.82) is 0 Å². The van der Waals surface area contributed by atoms with Crippen LogP contribution in [0.2, 0.25) is 0 Å². The van der Waals surface area contributed by atoms with Crippen molar-refractivity contribution in [2.24, 2.45) is 0 Å². The maximum absolute atomic E-state index is 12.3. The van der Waals surface area contributed by atoms with E-state index in [4.69, 9.17) is 9.47 Å². The quantitative estimate of drug-likeness (QED) is 0.509. The highest BCUT2D eigenvalue weighted by Crippen LogP contribution is 2.17. The van der Waals surface area contributed by atoms with Crippen molar-refractivity contribution in [3.05, 3.63) is 64.1 Å². The van der Waals surface area contributed by atoms with Crippen LogP contribution >= 0.6 is 11.3 Å². The Morgan fingerprint density at radius 3 is 2.40 bits per heavy atom. The highest BCUT2D eigenvalue weighted by Gasteiger charge is 2.14. The summed E-state index contributed by atoms with van der Waals surface area (Å²) >= 11 is 1.11. The van der Waals surface area contributed by atoms with Crippen molar-refractivity contribution in [1.82, 2.24) is 20.8 Å². The minimum Gasteiger partial charge on any atom is -0.497 e. The molecular weight excluding hydrogens is 406 g/mol. The Morgan fingerprint density at radius 1 is 0.933 bits per heavy atom. The monoisotopic (exact) mass is 427 g/mol. The number of anilines is 1. The molecule has 0 saturated heterocycles. The van der Waals surface area contributed by atoms with Gasteiger partial charge < -0.3 is 25.4 Å². The molecule has 156 valence electrons. The molecule has 3 rings (SSSR count). The molecule has 2 aromatic carbocycles. The fraction of sp³-hybridized carbons (Fsp3) is 0.200. The second-order valence-corrected chi connectivity index (χ2v) is 7.13. The van der Waals surface area contributed by atoms with Gasteiger partial charge in [-0.2, -0.15) is 0 Å². The van der Waals surface area contributed by atoms with E-state index in [2.05, 4.69) is 26.1 Å². The predicted octanol–water partition coefficient (Wildman–Crippen LogP) is 2.81. The van der Waals surface area contributed by atoms with Gasteiger partial charge in [-0.1, -0.05) is 23.5 Å². The molecule has 3 amide bonds. The van der Waals surface area contributed by atoms with Crippen LogP contribution in [0.5, 0.6) is 11.5 Å². The fourth-order valence-corrected chi connectivity index (χ4v) is 3.13. The van der Waals surface area contributed by atoms with E-state index in [1.807, 2.05) is 24.3 Å². The van der Waals surface area contributed by atoms with E-state index >= 15 is 0 Å². The van der Waals surface area contributed by atoms with Crippen LogP contribution in [0.1, 0.15) is 20.4 Å². The van der Waals surface area contributed by atoms with E-state index in [-0.39, 0.29) is 23.5 Å². The lowest BCUT2D eigenvalue weighted by atomic mass is 10.2. The SMILES string of the molecule is COc1ccc(NC(=O)c2nnc(CNC(=O)NCc3cccc(OC)c3)s2)cc1. The third-order valence-electron chi connectivity index (χ3n) is 4.00. The summed E-state index contributed by atoms with van der Waals surface area (Å²) in [6.45, 7) is 0.520. The van der Waals surface area contributed by atoms with E-state index in [0.717, 1.165) is 22.6 Å². The lowest BCUT2D eigenvalue weighted by Gasteiger charge is -2.07. The largest absolute Gasteiger partial charge is 0.497 e. The number of urea groups is 1. The number of ether oxygens (including phenoxy) is 2. The summed E-state index contributed by atoms with van der Waals surface area (Å²) < 4.78 is 10.2. The summed E-state index contributed by atoms with van der Waals surface area (Å²) in [6.07, 6.45) is 0. The average molecular weight is 427 g/mol. The van der Waals surface area contributed by atoms with Crippen LogP contribution in [-0.4, -0.2) is 36.4 Å². The Kier molecular flexibility index (Phi) is 7.17. The van der Waals surface area contributed by atoms with Crippen molar-refractivity contribution in [3.63, 3.8) is 0 Å². The fourth-order valence-electron chi connectivity index (χ4n) is 2.46. The zero-order valence-electron chi connectivity index (χ0n) is 16.5. The van der Waals surface area contributed by atoms with Gasteiger partial charge in [0.25, 0.3) is 5.91 Å². The maximum Gasteiger partial charge on any atom is 0.315 e.